The number of nitrogens with zero attached hydrogens (tertiary/aromatic N) is 6. The molecule has 0 spiro atoms. The fraction of sp³-hybridized carbons (Fsp3) is 0.0154. The zero-order chi connectivity index (χ0) is 49.1. The Balaban J connectivity index is 0.985. The standard InChI is InChI=1S/C65H44N6Si.2Po/c1-7-22-50(23-8-1)59-36-20-38-61(66-59)65(53-25-9-2-10-26-53,62-44-46-70(68-62)55-28-11-3-12-29-55)54-27-19-24-52(48-54)49-40-42-51(43-41-49)60-37-21-39-63(67-60)72(57-32-15-5-16-33-57,58-34-17-6-18-35-58)64-45-47-71(69-64)56-30-13-4-14-31-56;;/h1-22,24-28,30,32-42,44-48H;;. The van der Waals surface area contributed by atoms with E-state index in [0.717, 1.165) is 67.0 Å². The summed E-state index contributed by atoms with van der Waals surface area (Å²) >= 11 is -2.73. The van der Waals surface area contributed by atoms with Crippen molar-refractivity contribution in [1.29, 1.82) is 0 Å². The predicted octanol–water partition coefficient (Wildman–Crippen LogP) is 7.55. The molecule has 2 aliphatic rings. The van der Waals surface area contributed by atoms with Crippen LogP contribution in [-0.2, 0) is 5.41 Å². The summed E-state index contributed by atoms with van der Waals surface area (Å²) in [7, 11) is -3.03. The van der Waals surface area contributed by atoms with E-state index in [2.05, 4.69) is 277 Å². The Morgan fingerprint density at radius 2 is 0.905 bits per heavy atom. The summed E-state index contributed by atoms with van der Waals surface area (Å²) in [6.45, 7) is 0. The molecule has 0 radical (unpaired) electrons. The molecule has 8 bridgehead atoms. The molecule has 1 unspecified atom stereocenters. The zero-order valence-corrected chi connectivity index (χ0v) is 47.3. The van der Waals surface area contributed by atoms with Crippen LogP contribution in [0.4, 0.5) is 0 Å². The Hall–Kier alpha value is -7.51. The zero-order valence-electron chi connectivity index (χ0n) is 39.9. The summed E-state index contributed by atoms with van der Waals surface area (Å²) in [5.74, 6) is 0. The van der Waals surface area contributed by atoms with Crippen LogP contribution < -0.4 is 33.9 Å². The molecule has 8 aromatic carbocycles. The number of benzene rings is 8. The summed E-state index contributed by atoms with van der Waals surface area (Å²) in [6, 6.07) is 93.3. The first-order chi connectivity index (χ1) is 36.6. The van der Waals surface area contributed by atoms with Crippen molar-refractivity contribution in [3.63, 3.8) is 0 Å². The molecule has 6 nitrogen and oxygen atoms in total. The van der Waals surface area contributed by atoms with Gasteiger partial charge in [-0.05, 0) is 0 Å². The molecule has 6 heterocycles. The number of pyridine rings is 2. The van der Waals surface area contributed by atoms with E-state index < -0.39 is 60.6 Å². The van der Waals surface area contributed by atoms with Gasteiger partial charge >= 0.3 is 459 Å². The predicted molar refractivity (Wildman–Crippen MR) is 305 cm³/mol. The minimum atomic E-state index is -3.03. The summed E-state index contributed by atoms with van der Waals surface area (Å²) < 4.78 is 9.69. The summed E-state index contributed by atoms with van der Waals surface area (Å²) in [4.78, 5) is 11.5. The van der Waals surface area contributed by atoms with E-state index in [1.807, 2.05) is 0 Å². The van der Waals surface area contributed by atoms with Gasteiger partial charge in [0.05, 0.1) is 0 Å². The van der Waals surface area contributed by atoms with Crippen molar-refractivity contribution in [2.24, 2.45) is 0 Å². The van der Waals surface area contributed by atoms with Gasteiger partial charge in [-0.15, -0.1) is 0 Å². The Morgan fingerprint density at radius 1 is 0.351 bits per heavy atom. The summed E-state index contributed by atoms with van der Waals surface area (Å²) in [6.07, 6.45) is 4.32. The number of rotatable bonds is 5. The Morgan fingerprint density at radius 3 is 1.65 bits per heavy atom. The Kier molecular flexibility index (Phi) is 11.4. The Bertz CT molecular complexity index is 4020. The molecule has 350 valence electrons. The van der Waals surface area contributed by atoms with Crippen LogP contribution in [-0.4, -0.2) is 84.7 Å². The molecule has 4 aromatic heterocycles. The normalized spacial score (nSPS) is 15.1. The van der Waals surface area contributed by atoms with Crippen LogP contribution in [0.3, 0.4) is 0 Å². The van der Waals surface area contributed by atoms with Gasteiger partial charge in [0.1, 0.15) is 0 Å². The van der Waals surface area contributed by atoms with Crippen molar-refractivity contribution >= 4 is 89.1 Å². The van der Waals surface area contributed by atoms with E-state index in [-0.39, 0.29) is 0 Å². The van der Waals surface area contributed by atoms with Crippen LogP contribution in [0, 0.1) is 0 Å². The number of fused-ring (bicyclic) bond motifs is 16. The van der Waals surface area contributed by atoms with E-state index in [0.29, 0.717) is 0 Å². The second-order valence-corrected chi connectivity index (χ2v) is 30.7. The summed E-state index contributed by atoms with van der Waals surface area (Å²) in [5.41, 5.74) is 12.1. The van der Waals surface area contributed by atoms with Crippen LogP contribution in [0.25, 0.3) is 45.0 Å². The molecule has 12 aromatic rings. The van der Waals surface area contributed by atoms with Crippen LogP contribution in [0.15, 0.2) is 267 Å². The van der Waals surface area contributed by atoms with Gasteiger partial charge in [-0.1, -0.05) is 0 Å². The second kappa shape index (κ2) is 18.8. The summed E-state index contributed by atoms with van der Waals surface area (Å²) in [5, 5.41) is 15.8. The van der Waals surface area contributed by atoms with Gasteiger partial charge in [0.25, 0.3) is 0 Å². The fourth-order valence-corrected chi connectivity index (χ4v) is 24.1. The van der Waals surface area contributed by atoms with Gasteiger partial charge in [0.2, 0.25) is 0 Å². The fourth-order valence-electron chi connectivity index (χ4n) is 11.1. The Labute approximate surface area is 454 Å². The first-order valence-corrected chi connectivity index (χ1v) is 33.1. The maximum atomic E-state index is 5.78. The number of hydrogen-bond donors (Lipinski definition) is 0. The monoisotopic (exact) mass is 1350 g/mol. The van der Waals surface area contributed by atoms with E-state index in [1.54, 1.807) is 0 Å². The molecule has 0 saturated carbocycles. The molecule has 0 saturated heterocycles. The molecule has 0 amide bonds. The molecule has 1 atom stereocenters. The third-order valence-electron chi connectivity index (χ3n) is 14.5. The third-order valence-corrected chi connectivity index (χ3v) is 27.8. The van der Waals surface area contributed by atoms with Gasteiger partial charge in [-0.3, -0.25) is 0 Å². The molecular formula is C65H44N6Po2Si. The quantitative estimate of drug-likeness (QED) is 0.167. The molecule has 74 heavy (non-hydrogen) atoms. The molecule has 0 aliphatic carbocycles. The van der Waals surface area contributed by atoms with Crippen molar-refractivity contribution in [2.45, 2.75) is 5.41 Å². The van der Waals surface area contributed by atoms with Crippen LogP contribution >= 0.6 is 0 Å². The number of aromatic nitrogens is 6. The molecule has 0 N–H and O–H groups in total. The van der Waals surface area contributed by atoms with Crippen molar-refractivity contribution in [3.8, 4) is 45.0 Å². The molecular weight excluding hydrogens is 1310 g/mol. The third kappa shape index (κ3) is 7.47. The average molecular weight is 1360 g/mol. The molecule has 2 aliphatic heterocycles. The maximum absolute atomic E-state index is 5.78. The SMILES string of the molecule is c1ccc(C2(c3cccc(-c4ccc5[c](c4)[Po][c]4ccccc4-n4ccc(n4)[Si](c4ccccc4)(c4ccccc4)c4cccc-5n4)c3)c3cccc(n3)-c3cccc[c]3[Po][c]3ccccc3-n3ccc2n3)cc1. The average Bonchev–Trinajstić information content (AvgIpc) is 4.18. The molecule has 14 rings (SSSR count). The van der Waals surface area contributed by atoms with E-state index >= 15 is 0 Å². The van der Waals surface area contributed by atoms with E-state index in [1.165, 1.54) is 34.4 Å². The molecule has 9 heteroatoms. The van der Waals surface area contributed by atoms with Gasteiger partial charge in [0, 0.05) is 0 Å². The minimum absolute atomic E-state index is 0.881. The second-order valence-electron chi connectivity index (χ2n) is 18.6. The van der Waals surface area contributed by atoms with Crippen LogP contribution in [0.1, 0.15) is 22.5 Å². The van der Waals surface area contributed by atoms with Gasteiger partial charge in [0.15, 0.2) is 0 Å². The first kappa shape index (κ1) is 45.1. The van der Waals surface area contributed by atoms with Crippen LogP contribution in [0.5, 0.6) is 0 Å². The van der Waals surface area contributed by atoms with Crippen LogP contribution in [0.2, 0.25) is 0 Å². The topological polar surface area (TPSA) is 61.4 Å². The van der Waals surface area contributed by atoms with Crippen molar-refractivity contribution in [3.05, 3.63) is 290 Å². The number of hydrogen-bond acceptors (Lipinski definition) is 4. The van der Waals surface area contributed by atoms with Crippen molar-refractivity contribution in [2.75, 3.05) is 0 Å². The van der Waals surface area contributed by atoms with E-state index in [4.69, 9.17) is 20.2 Å². The van der Waals surface area contributed by atoms with Gasteiger partial charge in [-0.2, -0.15) is 0 Å². The van der Waals surface area contributed by atoms with Crippen molar-refractivity contribution < 1.29 is 0 Å². The van der Waals surface area contributed by atoms with E-state index in [9.17, 15) is 0 Å². The molecule has 0 fully saturated rings. The first-order valence-electron chi connectivity index (χ1n) is 24.8. The van der Waals surface area contributed by atoms with Crippen molar-refractivity contribution in [1.82, 2.24) is 29.5 Å². The van der Waals surface area contributed by atoms with Gasteiger partial charge in [-0.25, -0.2) is 0 Å². The van der Waals surface area contributed by atoms with Gasteiger partial charge < -0.3 is 0 Å². The number of para-hydroxylation sites is 2.